The summed E-state index contributed by atoms with van der Waals surface area (Å²) in [6.45, 7) is 0.450. The molecular weight excluding hydrogens is 472 g/mol. The van der Waals surface area contributed by atoms with Crippen molar-refractivity contribution in [3.8, 4) is 0 Å². The molecule has 7 heteroatoms. The summed E-state index contributed by atoms with van der Waals surface area (Å²) in [5.74, 6) is -0.105. The first-order valence-electron chi connectivity index (χ1n) is 12.7. The first-order chi connectivity index (χ1) is 17.6. The fourth-order valence-electron chi connectivity index (χ4n) is 5.27. The van der Waals surface area contributed by atoms with Gasteiger partial charge in [-0.05, 0) is 42.7 Å². The molecule has 6 nitrogen and oxygen atoms in total. The molecule has 1 aliphatic heterocycles. The number of benzene rings is 2. The average Bonchev–Trinajstić information content (AvgIpc) is 2.90. The lowest BCUT2D eigenvalue weighted by Crippen LogP contribution is -2.72. The summed E-state index contributed by atoms with van der Waals surface area (Å²) in [4.78, 5) is 32.3. The van der Waals surface area contributed by atoms with Gasteiger partial charge < -0.3 is 15.5 Å². The lowest BCUT2D eigenvalue weighted by molar-refractivity contribution is -0.155. The Bertz CT molecular complexity index is 1260. The monoisotopic (exact) mass is 502 g/mol. The highest BCUT2D eigenvalue weighted by Gasteiger charge is 2.49. The number of hydrogen-bond acceptors (Lipinski definition) is 4. The van der Waals surface area contributed by atoms with Crippen molar-refractivity contribution in [2.75, 3.05) is 11.9 Å². The number of hydrogen-bond donors (Lipinski definition) is 2. The number of halogens is 1. The van der Waals surface area contributed by atoms with Gasteiger partial charge >= 0.3 is 0 Å². The van der Waals surface area contributed by atoms with Crippen molar-refractivity contribution in [2.24, 2.45) is 0 Å². The summed E-state index contributed by atoms with van der Waals surface area (Å²) in [5.41, 5.74) is 2.78. The molecule has 2 atom stereocenters. The first-order valence-corrected chi connectivity index (χ1v) is 13.1. The second-order valence-electron chi connectivity index (χ2n) is 9.54. The lowest BCUT2D eigenvalue weighted by atomic mass is 9.85. The maximum Gasteiger partial charge on any atom is 0.248 e. The SMILES string of the molecule is O=C(CCNc1ccnc2cc(Cl)ccc12)N[C@H]1C(=O)N(C2CCCCC2)[C@H]1/C=C/c1ccccc1. The number of nitrogens with one attached hydrogen (secondary N) is 2. The molecule has 1 saturated carbocycles. The van der Waals surface area contributed by atoms with Gasteiger partial charge in [0.05, 0.1) is 11.6 Å². The fraction of sp³-hybridized carbons (Fsp3) is 0.345. The Kier molecular flexibility index (Phi) is 7.52. The van der Waals surface area contributed by atoms with Gasteiger partial charge in [0.1, 0.15) is 6.04 Å². The number of anilines is 1. The van der Waals surface area contributed by atoms with Crippen molar-refractivity contribution in [1.29, 1.82) is 0 Å². The van der Waals surface area contributed by atoms with Crippen LogP contribution in [0.2, 0.25) is 5.02 Å². The fourth-order valence-corrected chi connectivity index (χ4v) is 5.44. The third kappa shape index (κ3) is 5.39. The van der Waals surface area contributed by atoms with Crippen LogP contribution in [0, 0.1) is 0 Å². The van der Waals surface area contributed by atoms with E-state index in [1.807, 2.05) is 59.5 Å². The standard InChI is InChI=1S/C29H31ClN4O2/c30-21-12-13-23-24(15-17-32-25(23)19-21)31-18-16-27(35)33-28-26(14-11-20-7-3-1-4-8-20)34(29(28)36)22-9-5-2-6-10-22/h1,3-4,7-8,11-15,17,19,22,26,28H,2,5-6,9-10,16,18H2,(H,31,32)(H,33,35)/b14-11+/t26-,28+/m0/s1. The van der Waals surface area contributed by atoms with Crippen molar-refractivity contribution in [3.05, 3.63) is 77.5 Å². The molecule has 2 aromatic carbocycles. The van der Waals surface area contributed by atoms with Crippen molar-refractivity contribution in [3.63, 3.8) is 0 Å². The van der Waals surface area contributed by atoms with Gasteiger partial charge in [-0.2, -0.15) is 0 Å². The van der Waals surface area contributed by atoms with Gasteiger partial charge in [-0.3, -0.25) is 14.6 Å². The summed E-state index contributed by atoms with van der Waals surface area (Å²) in [5, 5.41) is 7.91. The molecule has 1 aliphatic carbocycles. The van der Waals surface area contributed by atoms with E-state index in [9.17, 15) is 9.59 Å². The molecule has 1 saturated heterocycles. The number of aromatic nitrogens is 1. The zero-order chi connectivity index (χ0) is 24.9. The Morgan fingerprint density at radius 1 is 1.08 bits per heavy atom. The van der Waals surface area contributed by atoms with E-state index in [1.165, 1.54) is 6.42 Å². The van der Waals surface area contributed by atoms with Crippen LogP contribution < -0.4 is 10.6 Å². The van der Waals surface area contributed by atoms with Crippen LogP contribution in [0.4, 0.5) is 5.69 Å². The molecular formula is C29H31ClN4O2. The van der Waals surface area contributed by atoms with Gasteiger partial charge in [-0.1, -0.05) is 73.3 Å². The zero-order valence-corrected chi connectivity index (χ0v) is 21.0. The summed E-state index contributed by atoms with van der Waals surface area (Å²) >= 11 is 6.08. The number of rotatable bonds is 8. The number of carbonyl (C=O) groups is 2. The van der Waals surface area contributed by atoms with Crippen LogP contribution >= 0.6 is 11.6 Å². The molecule has 0 radical (unpaired) electrons. The molecule has 2 fully saturated rings. The van der Waals surface area contributed by atoms with Gasteiger partial charge in [-0.15, -0.1) is 0 Å². The number of pyridine rings is 1. The molecule has 2 heterocycles. The van der Waals surface area contributed by atoms with Crippen LogP contribution in [0.1, 0.15) is 44.1 Å². The highest BCUT2D eigenvalue weighted by molar-refractivity contribution is 6.31. The number of amides is 2. The third-order valence-corrected chi connectivity index (χ3v) is 7.36. The lowest BCUT2D eigenvalue weighted by Gasteiger charge is -2.51. The zero-order valence-electron chi connectivity index (χ0n) is 20.2. The highest BCUT2D eigenvalue weighted by Crippen LogP contribution is 2.32. The maximum atomic E-state index is 13.1. The second-order valence-corrected chi connectivity index (χ2v) is 9.98. The number of likely N-dealkylation sites (tertiary alicyclic amines) is 1. The molecule has 0 unspecified atom stereocenters. The van der Waals surface area contributed by atoms with Crippen molar-refractivity contribution < 1.29 is 9.59 Å². The molecule has 186 valence electrons. The van der Waals surface area contributed by atoms with Gasteiger partial charge in [0.15, 0.2) is 0 Å². The van der Waals surface area contributed by atoms with Gasteiger partial charge in [0.2, 0.25) is 11.8 Å². The minimum Gasteiger partial charge on any atom is -0.384 e. The number of fused-ring (bicyclic) bond motifs is 1. The van der Waals surface area contributed by atoms with E-state index >= 15 is 0 Å². The van der Waals surface area contributed by atoms with E-state index in [-0.39, 0.29) is 30.3 Å². The predicted octanol–water partition coefficient (Wildman–Crippen LogP) is 5.43. The Labute approximate surface area is 216 Å². The highest BCUT2D eigenvalue weighted by atomic mass is 35.5. The van der Waals surface area contributed by atoms with Crippen LogP contribution in [0.5, 0.6) is 0 Å². The quantitative estimate of drug-likeness (QED) is 0.403. The number of nitrogens with zero attached hydrogens (tertiary/aromatic N) is 2. The topological polar surface area (TPSA) is 74.3 Å². The van der Waals surface area contributed by atoms with E-state index in [0.717, 1.165) is 47.8 Å². The van der Waals surface area contributed by atoms with E-state index in [1.54, 1.807) is 6.20 Å². The minimum atomic E-state index is -0.511. The van der Waals surface area contributed by atoms with E-state index in [4.69, 9.17) is 11.6 Å². The predicted molar refractivity (Wildman–Crippen MR) is 145 cm³/mol. The summed E-state index contributed by atoms with van der Waals surface area (Å²) in [6.07, 6.45) is 11.7. The molecule has 5 rings (SSSR count). The summed E-state index contributed by atoms with van der Waals surface area (Å²) in [6, 6.07) is 17.1. The van der Waals surface area contributed by atoms with Gasteiger partial charge in [0.25, 0.3) is 0 Å². The second kappa shape index (κ2) is 11.1. The van der Waals surface area contributed by atoms with Crippen molar-refractivity contribution >= 4 is 46.1 Å². The maximum absolute atomic E-state index is 13.1. The Morgan fingerprint density at radius 2 is 1.89 bits per heavy atom. The average molecular weight is 503 g/mol. The normalized spacial score (nSPS) is 20.5. The molecule has 0 spiro atoms. The Balaban J connectivity index is 1.22. The molecule has 1 aromatic heterocycles. The van der Waals surface area contributed by atoms with Crippen LogP contribution in [0.25, 0.3) is 17.0 Å². The van der Waals surface area contributed by atoms with Crippen LogP contribution in [0.3, 0.4) is 0 Å². The molecule has 3 aromatic rings. The van der Waals surface area contributed by atoms with Crippen molar-refractivity contribution in [1.82, 2.24) is 15.2 Å². The summed E-state index contributed by atoms with van der Waals surface area (Å²) < 4.78 is 0. The number of carbonyl (C=O) groups excluding carboxylic acids is 2. The van der Waals surface area contributed by atoms with E-state index in [2.05, 4.69) is 27.8 Å². The molecule has 2 amide bonds. The van der Waals surface area contributed by atoms with E-state index in [0.29, 0.717) is 11.6 Å². The first kappa shape index (κ1) is 24.3. The molecule has 0 bridgehead atoms. The van der Waals surface area contributed by atoms with E-state index < -0.39 is 6.04 Å². The minimum absolute atomic E-state index is 0.0305. The Hall–Kier alpha value is -3.38. The smallest absolute Gasteiger partial charge is 0.248 e. The molecule has 2 N–H and O–H groups in total. The third-order valence-electron chi connectivity index (χ3n) is 7.13. The number of β-lactam (4-membered cyclic amide) rings is 1. The van der Waals surface area contributed by atoms with Crippen LogP contribution in [-0.2, 0) is 9.59 Å². The van der Waals surface area contributed by atoms with Gasteiger partial charge in [0, 0.05) is 41.3 Å². The summed E-state index contributed by atoms with van der Waals surface area (Å²) in [7, 11) is 0. The molecule has 2 aliphatic rings. The Morgan fingerprint density at radius 3 is 2.69 bits per heavy atom. The van der Waals surface area contributed by atoms with Crippen LogP contribution in [-0.4, -0.2) is 46.4 Å². The van der Waals surface area contributed by atoms with Gasteiger partial charge in [-0.25, -0.2) is 0 Å². The van der Waals surface area contributed by atoms with Crippen molar-refractivity contribution in [2.45, 2.75) is 56.7 Å². The molecule has 36 heavy (non-hydrogen) atoms. The van der Waals surface area contributed by atoms with Crippen LogP contribution in [0.15, 0.2) is 66.9 Å². The largest absolute Gasteiger partial charge is 0.384 e.